The van der Waals surface area contributed by atoms with Crippen molar-refractivity contribution in [3.8, 4) is 0 Å². The van der Waals surface area contributed by atoms with Gasteiger partial charge in [0.05, 0.1) is 17.8 Å². The predicted molar refractivity (Wildman–Crippen MR) is 80.5 cm³/mol. The molecule has 1 N–H and O–H groups in total. The van der Waals surface area contributed by atoms with Crippen LogP contribution < -0.4 is 10.9 Å². The molecule has 1 saturated heterocycles. The summed E-state index contributed by atoms with van der Waals surface area (Å²) in [5.41, 5.74) is -0.0897. The molecule has 1 fully saturated rings. The van der Waals surface area contributed by atoms with Gasteiger partial charge in [-0.25, -0.2) is 4.98 Å². The first kappa shape index (κ1) is 14.2. The monoisotopic (exact) mass is 307 g/mol. The minimum Gasteiger partial charge on any atom is -0.376 e. The fourth-order valence-corrected chi connectivity index (χ4v) is 3.12. The summed E-state index contributed by atoms with van der Waals surface area (Å²) in [5.74, 6) is -0.0668. The van der Waals surface area contributed by atoms with Gasteiger partial charge in [-0.15, -0.1) is 11.3 Å². The highest BCUT2D eigenvalue weighted by atomic mass is 32.1. The number of nitrogens with zero attached hydrogens (tertiary/aromatic N) is 2. The van der Waals surface area contributed by atoms with Gasteiger partial charge in [0.2, 0.25) is 5.91 Å². The van der Waals surface area contributed by atoms with Gasteiger partial charge in [-0.05, 0) is 24.3 Å². The van der Waals surface area contributed by atoms with Gasteiger partial charge in [0.25, 0.3) is 5.56 Å². The van der Waals surface area contributed by atoms with Crippen LogP contribution in [0.1, 0.15) is 19.3 Å². The second-order valence-corrected chi connectivity index (χ2v) is 5.97. The number of fused-ring (bicyclic) bond motifs is 1. The molecule has 1 atom stereocenters. The van der Waals surface area contributed by atoms with Crippen molar-refractivity contribution in [2.24, 2.45) is 0 Å². The number of carbonyl (C=O) groups is 1. The molecule has 3 rings (SSSR count). The normalized spacial score (nSPS) is 18.2. The molecule has 2 aromatic rings. The Labute approximate surface area is 125 Å². The van der Waals surface area contributed by atoms with Crippen molar-refractivity contribution in [3.63, 3.8) is 0 Å². The quantitative estimate of drug-likeness (QED) is 0.899. The molecule has 0 saturated carbocycles. The minimum atomic E-state index is -0.0897. The zero-order chi connectivity index (χ0) is 14.7. The van der Waals surface area contributed by atoms with Gasteiger partial charge in [0, 0.05) is 26.1 Å². The zero-order valence-corrected chi connectivity index (χ0v) is 12.4. The van der Waals surface area contributed by atoms with Crippen LogP contribution in [0.3, 0.4) is 0 Å². The maximum Gasteiger partial charge on any atom is 0.262 e. The highest BCUT2D eigenvalue weighted by Gasteiger charge is 2.16. The zero-order valence-electron chi connectivity index (χ0n) is 11.6. The molecule has 21 heavy (non-hydrogen) atoms. The lowest BCUT2D eigenvalue weighted by Crippen LogP contribution is -2.33. The summed E-state index contributed by atoms with van der Waals surface area (Å²) in [6.45, 7) is 1.67. The van der Waals surface area contributed by atoms with Crippen molar-refractivity contribution in [1.29, 1.82) is 0 Å². The Bertz CT molecular complexity index is 688. The predicted octanol–water partition coefficient (Wildman–Crippen LogP) is 1.14. The molecule has 6 nitrogen and oxygen atoms in total. The first-order chi connectivity index (χ1) is 10.2. The van der Waals surface area contributed by atoms with E-state index >= 15 is 0 Å². The number of thiophene rings is 1. The molecule has 0 radical (unpaired) electrons. The standard InChI is InChI=1S/C14H17N3O3S/c18-12(15-8-10-2-1-6-20-10)3-5-17-9-16-13-11(14(17)19)4-7-21-13/h4,7,9-10H,1-3,5-6,8H2,(H,15,18). The van der Waals surface area contributed by atoms with Crippen LogP contribution in [0.4, 0.5) is 0 Å². The molecule has 1 unspecified atom stereocenters. The highest BCUT2D eigenvalue weighted by molar-refractivity contribution is 7.16. The third kappa shape index (κ3) is 3.30. The van der Waals surface area contributed by atoms with Crippen LogP contribution in [0.5, 0.6) is 0 Å². The van der Waals surface area contributed by atoms with Crippen LogP contribution in [0, 0.1) is 0 Å². The number of carbonyl (C=O) groups excluding carboxylic acids is 1. The number of nitrogens with one attached hydrogen (secondary N) is 1. The van der Waals surface area contributed by atoms with Crippen molar-refractivity contribution in [2.45, 2.75) is 31.9 Å². The second-order valence-electron chi connectivity index (χ2n) is 5.07. The van der Waals surface area contributed by atoms with Gasteiger partial charge in [0.1, 0.15) is 4.83 Å². The van der Waals surface area contributed by atoms with Gasteiger partial charge in [-0.2, -0.15) is 0 Å². The molecule has 0 spiro atoms. The summed E-state index contributed by atoms with van der Waals surface area (Å²) >= 11 is 1.44. The van der Waals surface area contributed by atoms with Crippen molar-refractivity contribution >= 4 is 27.5 Å². The number of hydrogen-bond donors (Lipinski definition) is 1. The van der Waals surface area contributed by atoms with Crippen LogP contribution in [0.2, 0.25) is 0 Å². The summed E-state index contributed by atoms with van der Waals surface area (Å²) in [6.07, 6.45) is 3.97. The lowest BCUT2D eigenvalue weighted by Gasteiger charge is -2.11. The molecule has 7 heteroatoms. The van der Waals surface area contributed by atoms with E-state index in [2.05, 4.69) is 10.3 Å². The second kappa shape index (κ2) is 6.36. The van der Waals surface area contributed by atoms with E-state index in [1.165, 1.54) is 22.2 Å². The molecular formula is C14H17N3O3S. The average Bonchev–Trinajstić information content (AvgIpc) is 3.15. The summed E-state index contributed by atoms with van der Waals surface area (Å²) in [7, 11) is 0. The minimum absolute atomic E-state index is 0.0668. The van der Waals surface area contributed by atoms with Crippen molar-refractivity contribution in [1.82, 2.24) is 14.9 Å². The van der Waals surface area contributed by atoms with Gasteiger partial charge < -0.3 is 10.1 Å². The maximum absolute atomic E-state index is 12.1. The van der Waals surface area contributed by atoms with Gasteiger partial charge in [-0.1, -0.05) is 0 Å². The van der Waals surface area contributed by atoms with E-state index in [9.17, 15) is 9.59 Å². The van der Waals surface area contributed by atoms with Gasteiger partial charge in [-0.3, -0.25) is 14.2 Å². The Balaban J connectivity index is 1.54. The largest absolute Gasteiger partial charge is 0.376 e. The van der Waals surface area contributed by atoms with E-state index < -0.39 is 0 Å². The van der Waals surface area contributed by atoms with Crippen LogP contribution in [0.25, 0.3) is 10.2 Å². The summed E-state index contributed by atoms with van der Waals surface area (Å²) in [6, 6.07) is 1.77. The molecule has 1 aliphatic rings. The number of rotatable bonds is 5. The molecule has 1 amide bonds. The van der Waals surface area contributed by atoms with Crippen LogP contribution in [-0.4, -0.2) is 34.7 Å². The molecule has 0 aromatic carbocycles. The lowest BCUT2D eigenvalue weighted by molar-refractivity contribution is -0.121. The van der Waals surface area contributed by atoms with E-state index in [1.54, 1.807) is 6.07 Å². The highest BCUT2D eigenvalue weighted by Crippen LogP contribution is 2.13. The molecular weight excluding hydrogens is 290 g/mol. The Hall–Kier alpha value is -1.73. The van der Waals surface area contributed by atoms with Crippen molar-refractivity contribution in [3.05, 3.63) is 28.1 Å². The number of hydrogen-bond acceptors (Lipinski definition) is 5. The number of aryl methyl sites for hydroxylation is 1. The number of ether oxygens (including phenoxy) is 1. The molecule has 0 aliphatic carbocycles. The fourth-order valence-electron chi connectivity index (χ4n) is 2.40. The van der Waals surface area contributed by atoms with Crippen LogP contribution >= 0.6 is 11.3 Å². The number of amides is 1. The molecule has 2 aromatic heterocycles. The topological polar surface area (TPSA) is 73.2 Å². The van der Waals surface area contributed by atoms with E-state index in [0.29, 0.717) is 18.5 Å². The smallest absolute Gasteiger partial charge is 0.262 e. The van der Waals surface area contributed by atoms with Crippen molar-refractivity contribution < 1.29 is 9.53 Å². The number of aromatic nitrogens is 2. The first-order valence-corrected chi connectivity index (χ1v) is 7.93. The summed E-state index contributed by atoms with van der Waals surface area (Å²) < 4.78 is 6.93. The molecule has 112 valence electrons. The van der Waals surface area contributed by atoms with Gasteiger partial charge in [0.15, 0.2) is 0 Å². The Morgan fingerprint density at radius 3 is 3.29 bits per heavy atom. The summed E-state index contributed by atoms with van der Waals surface area (Å²) in [5, 5.41) is 5.31. The molecule has 1 aliphatic heterocycles. The van der Waals surface area contributed by atoms with Gasteiger partial charge >= 0.3 is 0 Å². The average molecular weight is 307 g/mol. The van der Waals surface area contributed by atoms with E-state index in [4.69, 9.17) is 4.74 Å². The Kier molecular flexibility index (Phi) is 4.31. The molecule has 3 heterocycles. The lowest BCUT2D eigenvalue weighted by atomic mass is 10.2. The van der Waals surface area contributed by atoms with E-state index in [0.717, 1.165) is 24.3 Å². The van der Waals surface area contributed by atoms with E-state index in [-0.39, 0.29) is 24.0 Å². The van der Waals surface area contributed by atoms with Crippen molar-refractivity contribution in [2.75, 3.05) is 13.2 Å². The Morgan fingerprint density at radius 1 is 1.57 bits per heavy atom. The Morgan fingerprint density at radius 2 is 2.48 bits per heavy atom. The van der Waals surface area contributed by atoms with Crippen LogP contribution in [0.15, 0.2) is 22.6 Å². The maximum atomic E-state index is 12.1. The first-order valence-electron chi connectivity index (χ1n) is 7.05. The third-order valence-corrected chi connectivity index (χ3v) is 4.40. The fraction of sp³-hybridized carbons (Fsp3) is 0.500. The third-order valence-electron chi connectivity index (χ3n) is 3.58. The van der Waals surface area contributed by atoms with Crippen LogP contribution in [-0.2, 0) is 16.1 Å². The van der Waals surface area contributed by atoms with E-state index in [1.807, 2.05) is 5.38 Å². The molecule has 0 bridgehead atoms. The summed E-state index contributed by atoms with van der Waals surface area (Å²) in [4.78, 5) is 28.9. The SMILES string of the molecule is O=C(CCn1cnc2sccc2c1=O)NCC1CCCO1.